The summed E-state index contributed by atoms with van der Waals surface area (Å²) in [6.45, 7) is 4.05. The Labute approximate surface area is 155 Å². The maximum absolute atomic E-state index is 12.9. The van der Waals surface area contributed by atoms with Crippen molar-refractivity contribution in [2.45, 2.75) is 20.4 Å². The molecule has 0 saturated carbocycles. The molecule has 1 N–H and O–H groups in total. The van der Waals surface area contributed by atoms with Crippen LogP contribution < -0.4 is 5.32 Å². The minimum atomic E-state index is -0.445. The average Bonchev–Trinajstić information content (AvgIpc) is 3.11. The lowest BCUT2D eigenvalue weighted by Crippen LogP contribution is -2.40. The molecule has 0 aliphatic rings. The number of fused-ring (bicyclic) bond motifs is 1. The maximum Gasteiger partial charge on any atom is 0.294 e. The highest BCUT2D eigenvalue weighted by Crippen LogP contribution is 2.06. The van der Waals surface area contributed by atoms with Crippen molar-refractivity contribution in [3.8, 4) is 0 Å². The van der Waals surface area contributed by atoms with E-state index < -0.39 is 5.91 Å². The standard InChI is InChI=1S/C18H19FN6O2/c1-3-24(11-15(26)21-10-13-4-6-14(19)7-5-13)17(27)16-22-18-20-9-8-12(2)25(18)23-16/h4-9H,3,10-11H2,1-2H3,(H,21,26). The number of benzene rings is 1. The highest BCUT2D eigenvalue weighted by atomic mass is 19.1. The molecular formula is C18H19FN6O2. The van der Waals surface area contributed by atoms with Crippen LogP contribution in [0.5, 0.6) is 0 Å². The molecule has 2 aromatic heterocycles. The second-order valence-electron chi connectivity index (χ2n) is 5.96. The number of aryl methyl sites for hydroxylation is 1. The molecule has 0 fully saturated rings. The third-order valence-electron chi connectivity index (χ3n) is 4.03. The largest absolute Gasteiger partial charge is 0.350 e. The number of hydrogen-bond acceptors (Lipinski definition) is 5. The van der Waals surface area contributed by atoms with Gasteiger partial charge in [-0.3, -0.25) is 9.59 Å². The van der Waals surface area contributed by atoms with Gasteiger partial charge in [-0.1, -0.05) is 12.1 Å². The predicted molar refractivity (Wildman–Crippen MR) is 95.3 cm³/mol. The Kier molecular flexibility index (Phi) is 5.39. The van der Waals surface area contributed by atoms with Crippen LogP contribution in [0.25, 0.3) is 5.78 Å². The molecule has 0 unspecified atom stereocenters. The first-order valence-electron chi connectivity index (χ1n) is 8.46. The van der Waals surface area contributed by atoms with Gasteiger partial charge in [-0.05, 0) is 37.6 Å². The number of nitrogens with one attached hydrogen (secondary N) is 1. The summed E-state index contributed by atoms with van der Waals surface area (Å²) in [4.78, 5) is 34.4. The summed E-state index contributed by atoms with van der Waals surface area (Å²) in [5.74, 6) is -0.787. The molecule has 0 aliphatic carbocycles. The van der Waals surface area contributed by atoms with Crippen molar-refractivity contribution in [2.24, 2.45) is 0 Å². The molecule has 3 aromatic rings. The fourth-order valence-electron chi connectivity index (χ4n) is 2.50. The topological polar surface area (TPSA) is 92.5 Å². The second-order valence-corrected chi connectivity index (χ2v) is 5.96. The Morgan fingerprint density at radius 2 is 1.96 bits per heavy atom. The average molecular weight is 370 g/mol. The highest BCUT2D eigenvalue weighted by molar-refractivity contribution is 5.93. The van der Waals surface area contributed by atoms with E-state index >= 15 is 0 Å². The number of halogens is 1. The molecule has 0 saturated heterocycles. The fraction of sp³-hybridized carbons (Fsp3) is 0.278. The Morgan fingerprint density at radius 1 is 1.22 bits per heavy atom. The number of carbonyl (C=O) groups excluding carboxylic acids is 2. The lowest BCUT2D eigenvalue weighted by molar-refractivity contribution is -0.121. The summed E-state index contributed by atoms with van der Waals surface area (Å²) >= 11 is 0. The maximum atomic E-state index is 12.9. The summed E-state index contributed by atoms with van der Waals surface area (Å²) in [6.07, 6.45) is 1.59. The van der Waals surface area contributed by atoms with Crippen molar-refractivity contribution in [3.05, 3.63) is 59.4 Å². The molecule has 0 radical (unpaired) electrons. The van der Waals surface area contributed by atoms with Gasteiger partial charge in [0.05, 0.1) is 6.54 Å². The molecular weight excluding hydrogens is 351 g/mol. The molecule has 27 heavy (non-hydrogen) atoms. The van der Waals surface area contributed by atoms with Crippen LogP contribution >= 0.6 is 0 Å². The number of carbonyl (C=O) groups is 2. The van der Waals surface area contributed by atoms with Gasteiger partial charge in [0.2, 0.25) is 11.7 Å². The Morgan fingerprint density at radius 3 is 2.63 bits per heavy atom. The van der Waals surface area contributed by atoms with Gasteiger partial charge in [0.15, 0.2) is 0 Å². The monoisotopic (exact) mass is 370 g/mol. The van der Waals surface area contributed by atoms with Crippen molar-refractivity contribution in [3.63, 3.8) is 0 Å². The van der Waals surface area contributed by atoms with Crippen LogP contribution in [0, 0.1) is 12.7 Å². The van der Waals surface area contributed by atoms with E-state index in [4.69, 9.17) is 0 Å². The third-order valence-corrected chi connectivity index (χ3v) is 4.03. The normalized spacial score (nSPS) is 10.8. The minimum Gasteiger partial charge on any atom is -0.350 e. The lowest BCUT2D eigenvalue weighted by Gasteiger charge is -2.18. The fourth-order valence-corrected chi connectivity index (χ4v) is 2.50. The molecule has 8 nitrogen and oxygen atoms in total. The van der Waals surface area contributed by atoms with Crippen molar-refractivity contribution < 1.29 is 14.0 Å². The van der Waals surface area contributed by atoms with E-state index in [9.17, 15) is 14.0 Å². The van der Waals surface area contributed by atoms with Crippen LogP contribution in [-0.4, -0.2) is 49.4 Å². The van der Waals surface area contributed by atoms with E-state index in [1.165, 1.54) is 21.5 Å². The zero-order valence-electron chi connectivity index (χ0n) is 15.0. The van der Waals surface area contributed by atoms with Gasteiger partial charge in [0, 0.05) is 25.0 Å². The van der Waals surface area contributed by atoms with Crippen molar-refractivity contribution in [2.75, 3.05) is 13.1 Å². The van der Waals surface area contributed by atoms with Gasteiger partial charge in [0.1, 0.15) is 5.82 Å². The van der Waals surface area contributed by atoms with Crippen LogP contribution in [0.4, 0.5) is 4.39 Å². The Balaban J connectivity index is 1.64. The van der Waals surface area contributed by atoms with E-state index in [1.54, 1.807) is 31.3 Å². The van der Waals surface area contributed by atoms with E-state index in [0.717, 1.165) is 11.3 Å². The zero-order valence-corrected chi connectivity index (χ0v) is 15.0. The number of likely N-dealkylation sites (N-methyl/N-ethyl adjacent to an activating group) is 1. The molecule has 9 heteroatoms. The number of nitrogens with zero attached hydrogens (tertiary/aromatic N) is 5. The molecule has 140 valence electrons. The number of rotatable bonds is 6. The molecule has 0 bridgehead atoms. The summed E-state index contributed by atoms with van der Waals surface area (Å²) in [6, 6.07) is 7.60. The van der Waals surface area contributed by atoms with Gasteiger partial charge in [0.25, 0.3) is 11.7 Å². The Bertz CT molecular complexity index is 970. The van der Waals surface area contributed by atoms with E-state index in [-0.39, 0.29) is 30.6 Å². The van der Waals surface area contributed by atoms with Crippen LogP contribution in [0.3, 0.4) is 0 Å². The first-order chi connectivity index (χ1) is 13.0. The second kappa shape index (κ2) is 7.90. The van der Waals surface area contributed by atoms with E-state index in [1.807, 2.05) is 6.92 Å². The van der Waals surface area contributed by atoms with Gasteiger partial charge < -0.3 is 10.2 Å². The predicted octanol–water partition coefficient (Wildman–Crippen LogP) is 1.35. The highest BCUT2D eigenvalue weighted by Gasteiger charge is 2.22. The molecule has 2 heterocycles. The first kappa shape index (κ1) is 18.4. The van der Waals surface area contributed by atoms with Crippen molar-refractivity contribution in [1.29, 1.82) is 0 Å². The number of hydrogen-bond donors (Lipinski definition) is 1. The lowest BCUT2D eigenvalue weighted by atomic mass is 10.2. The molecule has 0 aliphatic heterocycles. The van der Waals surface area contributed by atoms with E-state index in [0.29, 0.717) is 12.3 Å². The van der Waals surface area contributed by atoms with Gasteiger partial charge in [-0.25, -0.2) is 13.9 Å². The van der Waals surface area contributed by atoms with Crippen LogP contribution in [0.1, 0.15) is 28.8 Å². The van der Waals surface area contributed by atoms with Crippen LogP contribution in [0.2, 0.25) is 0 Å². The smallest absolute Gasteiger partial charge is 0.294 e. The van der Waals surface area contributed by atoms with Gasteiger partial charge >= 0.3 is 0 Å². The van der Waals surface area contributed by atoms with E-state index in [2.05, 4.69) is 20.4 Å². The van der Waals surface area contributed by atoms with Crippen molar-refractivity contribution in [1.82, 2.24) is 29.8 Å². The van der Waals surface area contributed by atoms with Crippen LogP contribution in [0.15, 0.2) is 36.5 Å². The molecule has 3 rings (SSSR count). The zero-order chi connectivity index (χ0) is 19.4. The summed E-state index contributed by atoms with van der Waals surface area (Å²) < 4.78 is 14.4. The molecule has 0 spiro atoms. The molecule has 1 aromatic carbocycles. The summed E-state index contributed by atoms with van der Waals surface area (Å²) in [7, 11) is 0. The molecule has 0 atom stereocenters. The third kappa shape index (κ3) is 4.25. The van der Waals surface area contributed by atoms with Gasteiger partial charge in [-0.15, -0.1) is 5.10 Å². The number of aromatic nitrogens is 4. The quantitative estimate of drug-likeness (QED) is 0.707. The van der Waals surface area contributed by atoms with Crippen molar-refractivity contribution >= 4 is 17.6 Å². The van der Waals surface area contributed by atoms with Gasteiger partial charge in [-0.2, -0.15) is 4.98 Å². The molecule has 2 amide bonds. The van der Waals surface area contributed by atoms with Crippen LogP contribution in [-0.2, 0) is 11.3 Å². The summed E-state index contributed by atoms with van der Waals surface area (Å²) in [5.41, 5.74) is 1.56. The first-order valence-corrected chi connectivity index (χ1v) is 8.46. The Hall–Kier alpha value is -3.36. The summed E-state index contributed by atoms with van der Waals surface area (Å²) in [5, 5.41) is 6.89. The number of amides is 2. The minimum absolute atomic E-state index is 0.00927. The SMILES string of the molecule is CCN(CC(=O)NCc1ccc(F)cc1)C(=O)c1nc2nccc(C)n2n1.